The Kier molecular flexibility index (Phi) is 3.57. The van der Waals surface area contributed by atoms with Crippen LogP contribution in [0.5, 0.6) is 0 Å². The lowest BCUT2D eigenvalue weighted by molar-refractivity contribution is -0.00271. The van der Waals surface area contributed by atoms with E-state index in [1.54, 1.807) is 12.1 Å². The summed E-state index contributed by atoms with van der Waals surface area (Å²) in [6.07, 6.45) is -0.387. The van der Waals surface area contributed by atoms with Crippen LogP contribution < -0.4 is 5.73 Å². The van der Waals surface area contributed by atoms with Gasteiger partial charge in [0.15, 0.2) is 6.10 Å². The Morgan fingerprint density at radius 1 is 1.59 bits per heavy atom. The number of anilines is 1. The average Bonchev–Trinajstić information content (AvgIpc) is 2.34. The van der Waals surface area contributed by atoms with Gasteiger partial charge in [-0.15, -0.1) is 0 Å². The second-order valence-corrected chi connectivity index (χ2v) is 4.08. The van der Waals surface area contributed by atoms with Gasteiger partial charge in [0.2, 0.25) is 0 Å². The Labute approximate surface area is 99.4 Å². The van der Waals surface area contributed by atoms with Crippen molar-refractivity contribution < 1.29 is 9.13 Å². The third-order valence-corrected chi connectivity index (χ3v) is 2.77. The molecule has 1 aromatic rings. The van der Waals surface area contributed by atoms with E-state index in [4.69, 9.17) is 15.7 Å². The van der Waals surface area contributed by atoms with E-state index in [1.165, 1.54) is 6.07 Å². The van der Waals surface area contributed by atoms with Crippen molar-refractivity contribution in [3.63, 3.8) is 0 Å². The number of rotatable bonds is 2. The van der Waals surface area contributed by atoms with Gasteiger partial charge in [-0.25, -0.2) is 4.39 Å². The van der Waals surface area contributed by atoms with E-state index < -0.39 is 5.82 Å². The standard InChI is InChI=1S/C12H14FN3O/c13-11-5-9(1-2-12(11)15)7-16-3-4-17-10(6-14)8-16/h1-2,5,10H,3-4,7-8,15H2. The highest BCUT2D eigenvalue weighted by molar-refractivity contribution is 5.41. The summed E-state index contributed by atoms with van der Waals surface area (Å²) in [6, 6.07) is 6.88. The van der Waals surface area contributed by atoms with Gasteiger partial charge in [0, 0.05) is 19.6 Å². The molecule has 0 aliphatic carbocycles. The molecule has 1 unspecified atom stereocenters. The molecule has 1 atom stereocenters. The van der Waals surface area contributed by atoms with Crippen LogP contribution in [0, 0.1) is 17.1 Å². The molecule has 0 aromatic heterocycles. The predicted octanol–water partition coefficient (Wildman–Crippen LogP) is 1.13. The Morgan fingerprint density at radius 3 is 3.12 bits per heavy atom. The summed E-state index contributed by atoms with van der Waals surface area (Å²) in [7, 11) is 0. The maximum absolute atomic E-state index is 13.3. The summed E-state index contributed by atoms with van der Waals surface area (Å²) in [4.78, 5) is 2.07. The smallest absolute Gasteiger partial charge is 0.156 e. The van der Waals surface area contributed by atoms with E-state index in [0.29, 0.717) is 19.7 Å². The fraction of sp³-hybridized carbons (Fsp3) is 0.417. The fourth-order valence-corrected chi connectivity index (χ4v) is 1.85. The maximum atomic E-state index is 13.3. The van der Waals surface area contributed by atoms with Crippen LogP contribution in [0.25, 0.3) is 0 Å². The van der Waals surface area contributed by atoms with Crippen LogP contribution in [-0.4, -0.2) is 30.7 Å². The molecule has 4 nitrogen and oxygen atoms in total. The second kappa shape index (κ2) is 5.13. The number of benzene rings is 1. The zero-order valence-corrected chi connectivity index (χ0v) is 9.40. The lowest BCUT2D eigenvalue weighted by atomic mass is 10.1. The van der Waals surface area contributed by atoms with E-state index >= 15 is 0 Å². The van der Waals surface area contributed by atoms with Crippen LogP contribution in [0.4, 0.5) is 10.1 Å². The lowest BCUT2D eigenvalue weighted by Gasteiger charge is -2.29. The quantitative estimate of drug-likeness (QED) is 0.781. The third-order valence-electron chi connectivity index (χ3n) is 2.77. The molecule has 5 heteroatoms. The normalized spacial score (nSPS) is 21.1. The summed E-state index contributed by atoms with van der Waals surface area (Å²) in [5.41, 5.74) is 6.43. The molecule has 0 saturated carbocycles. The van der Waals surface area contributed by atoms with Crippen molar-refractivity contribution in [1.82, 2.24) is 4.90 Å². The average molecular weight is 235 g/mol. The number of nitrogen functional groups attached to an aromatic ring is 1. The zero-order valence-electron chi connectivity index (χ0n) is 9.40. The van der Waals surface area contributed by atoms with Gasteiger partial charge in [0.1, 0.15) is 5.82 Å². The molecule has 0 amide bonds. The van der Waals surface area contributed by atoms with Crippen LogP contribution in [0.3, 0.4) is 0 Å². The van der Waals surface area contributed by atoms with E-state index in [2.05, 4.69) is 11.0 Å². The van der Waals surface area contributed by atoms with Gasteiger partial charge >= 0.3 is 0 Å². The largest absolute Gasteiger partial charge is 0.396 e. The Balaban J connectivity index is 2.00. The first-order valence-corrected chi connectivity index (χ1v) is 5.46. The summed E-state index contributed by atoms with van der Waals surface area (Å²) in [5, 5.41) is 8.78. The minimum absolute atomic E-state index is 0.158. The Hall–Kier alpha value is -1.64. The van der Waals surface area contributed by atoms with Crippen LogP contribution in [-0.2, 0) is 11.3 Å². The van der Waals surface area contributed by atoms with Crippen LogP contribution in [0.1, 0.15) is 5.56 Å². The van der Waals surface area contributed by atoms with Gasteiger partial charge in [-0.05, 0) is 17.7 Å². The number of nitrogens with zero attached hydrogens (tertiary/aromatic N) is 2. The second-order valence-electron chi connectivity index (χ2n) is 4.08. The number of morpholine rings is 1. The van der Waals surface area contributed by atoms with E-state index in [9.17, 15) is 4.39 Å². The minimum Gasteiger partial charge on any atom is -0.396 e. The fourth-order valence-electron chi connectivity index (χ4n) is 1.85. The molecule has 1 aliphatic heterocycles. The van der Waals surface area contributed by atoms with Crippen LogP contribution in [0.2, 0.25) is 0 Å². The molecule has 1 aromatic carbocycles. The van der Waals surface area contributed by atoms with Gasteiger partial charge < -0.3 is 10.5 Å². The Morgan fingerprint density at radius 2 is 2.41 bits per heavy atom. The molecular formula is C12H14FN3O. The van der Waals surface area contributed by atoms with Crippen molar-refractivity contribution in [3.05, 3.63) is 29.6 Å². The van der Waals surface area contributed by atoms with Crippen molar-refractivity contribution in [3.8, 4) is 6.07 Å². The molecular weight excluding hydrogens is 221 g/mol. The molecule has 90 valence electrons. The highest BCUT2D eigenvalue weighted by atomic mass is 19.1. The number of halogens is 1. The van der Waals surface area contributed by atoms with Gasteiger partial charge in [-0.2, -0.15) is 5.26 Å². The molecule has 1 heterocycles. The van der Waals surface area contributed by atoms with Gasteiger partial charge in [0.25, 0.3) is 0 Å². The highest BCUT2D eigenvalue weighted by Crippen LogP contribution is 2.15. The predicted molar refractivity (Wildman–Crippen MR) is 61.4 cm³/mol. The third kappa shape index (κ3) is 2.93. The van der Waals surface area contributed by atoms with Gasteiger partial charge in [-0.1, -0.05) is 6.07 Å². The van der Waals surface area contributed by atoms with Gasteiger partial charge in [0.05, 0.1) is 18.4 Å². The van der Waals surface area contributed by atoms with Crippen molar-refractivity contribution >= 4 is 5.69 Å². The van der Waals surface area contributed by atoms with Crippen LogP contribution >= 0.6 is 0 Å². The maximum Gasteiger partial charge on any atom is 0.156 e. The molecule has 1 fully saturated rings. The number of hydrogen-bond acceptors (Lipinski definition) is 4. The van der Waals surface area contributed by atoms with E-state index in [0.717, 1.165) is 12.1 Å². The number of nitrogens with two attached hydrogens (primary N) is 1. The first-order chi connectivity index (χ1) is 8.19. The molecule has 0 bridgehead atoms. The SMILES string of the molecule is N#CC1CN(Cc2ccc(N)c(F)c2)CCO1. The molecule has 2 N–H and O–H groups in total. The number of hydrogen-bond donors (Lipinski definition) is 1. The summed E-state index contributed by atoms with van der Waals surface area (Å²) >= 11 is 0. The van der Waals surface area contributed by atoms with Crippen molar-refractivity contribution in [1.29, 1.82) is 5.26 Å². The van der Waals surface area contributed by atoms with E-state index in [1.807, 2.05) is 0 Å². The summed E-state index contributed by atoms with van der Waals surface area (Å²) in [6.45, 7) is 2.46. The molecule has 1 aliphatic rings. The summed E-state index contributed by atoms with van der Waals surface area (Å²) < 4.78 is 18.5. The van der Waals surface area contributed by atoms with Gasteiger partial charge in [-0.3, -0.25) is 4.90 Å². The highest BCUT2D eigenvalue weighted by Gasteiger charge is 2.19. The number of nitriles is 1. The topological polar surface area (TPSA) is 62.3 Å². The summed E-state index contributed by atoms with van der Waals surface area (Å²) in [5.74, 6) is -0.396. The van der Waals surface area contributed by atoms with Crippen molar-refractivity contribution in [2.75, 3.05) is 25.4 Å². The van der Waals surface area contributed by atoms with Crippen molar-refractivity contribution in [2.24, 2.45) is 0 Å². The number of ether oxygens (including phenoxy) is 1. The molecule has 17 heavy (non-hydrogen) atoms. The first-order valence-electron chi connectivity index (χ1n) is 5.46. The molecule has 0 radical (unpaired) electrons. The molecule has 2 rings (SSSR count). The first kappa shape index (κ1) is 11.8. The van der Waals surface area contributed by atoms with E-state index in [-0.39, 0.29) is 11.8 Å². The zero-order chi connectivity index (χ0) is 12.3. The Bertz CT molecular complexity index is 444. The minimum atomic E-state index is -0.396. The van der Waals surface area contributed by atoms with Crippen molar-refractivity contribution in [2.45, 2.75) is 12.6 Å². The molecule has 0 spiro atoms. The van der Waals surface area contributed by atoms with Crippen LogP contribution in [0.15, 0.2) is 18.2 Å². The lowest BCUT2D eigenvalue weighted by Crippen LogP contribution is -2.41. The molecule has 1 saturated heterocycles. The monoisotopic (exact) mass is 235 g/mol.